The van der Waals surface area contributed by atoms with Crippen LogP contribution in [0.15, 0.2) is 24.4 Å². The summed E-state index contributed by atoms with van der Waals surface area (Å²) in [5.41, 5.74) is 2.68. The lowest BCUT2D eigenvalue weighted by Crippen LogP contribution is -2.03. The summed E-state index contributed by atoms with van der Waals surface area (Å²) in [5, 5.41) is 4.17. The molecule has 0 radical (unpaired) electrons. The zero-order valence-electron chi connectivity index (χ0n) is 12.0. The highest BCUT2D eigenvalue weighted by Crippen LogP contribution is 2.37. The molecule has 1 aromatic heterocycles. The molecule has 112 valence electrons. The van der Waals surface area contributed by atoms with Crippen LogP contribution in [0.2, 0.25) is 10.2 Å². The van der Waals surface area contributed by atoms with E-state index < -0.39 is 0 Å². The molecule has 21 heavy (non-hydrogen) atoms. The second kappa shape index (κ2) is 6.87. The summed E-state index contributed by atoms with van der Waals surface area (Å²) in [6.45, 7) is 2.46. The highest BCUT2D eigenvalue weighted by molar-refractivity contribution is 6.33. The number of pyridine rings is 1. The Kier molecular flexibility index (Phi) is 5.15. The van der Waals surface area contributed by atoms with Crippen molar-refractivity contribution in [2.45, 2.75) is 13.5 Å². The van der Waals surface area contributed by atoms with Gasteiger partial charge in [0.1, 0.15) is 0 Å². The number of halogens is 2. The van der Waals surface area contributed by atoms with Gasteiger partial charge in [-0.25, -0.2) is 4.98 Å². The highest BCUT2D eigenvalue weighted by Gasteiger charge is 2.13. The third-order valence-electron chi connectivity index (χ3n) is 3.01. The van der Waals surface area contributed by atoms with E-state index in [0.29, 0.717) is 28.2 Å². The largest absolute Gasteiger partial charge is 0.493 e. The molecular formula is C15H16Cl2N2O2. The second-order valence-corrected chi connectivity index (χ2v) is 5.21. The lowest BCUT2D eigenvalue weighted by Gasteiger charge is -2.14. The van der Waals surface area contributed by atoms with E-state index in [0.717, 1.165) is 16.8 Å². The zero-order chi connectivity index (χ0) is 15.4. The fraction of sp³-hybridized carbons (Fsp3) is 0.267. The van der Waals surface area contributed by atoms with Crippen molar-refractivity contribution >= 4 is 28.9 Å². The lowest BCUT2D eigenvalue weighted by atomic mass is 10.2. The standard InChI is InChI=1S/C15H16Cl2N2O2/c1-9-6-11(15(17)19-7-9)18-8-10-4-5-12(20-2)14(21-3)13(10)16/h4-7,18H,8H2,1-3H3. The van der Waals surface area contributed by atoms with Crippen molar-refractivity contribution in [1.82, 2.24) is 4.98 Å². The maximum absolute atomic E-state index is 6.34. The summed E-state index contributed by atoms with van der Waals surface area (Å²) in [6.07, 6.45) is 1.72. The Bertz CT molecular complexity index is 648. The van der Waals surface area contributed by atoms with Crippen LogP contribution in [0.1, 0.15) is 11.1 Å². The van der Waals surface area contributed by atoms with E-state index in [9.17, 15) is 0 Å². The molecule has 1 N–H and O–H groups in total. The van der Waals surface area contributed by atoms with Gasteiger partial charge >= 0.3 is 0 Å². The molecule has 4 nitrogen and oxygen atoms in total. The van der Waals surface area contributed by atoms with Crippen LogP contribution < -0.4 is 14.8 Å². The molecule has 0 spiro atoms. The Morgan fingerprint density at radius 1 is 1.19 bits per heavy atom. The monoisotopic (exact) mass is 326 g/mol. The van der Waals surface area contributed by atoms with E-state index in [4.69, 9.17) is 32.7 Å². The number of rotatable bonds is 5. The summed E-state index contributed by atoms with van der Waals surface area (Å²) in [5.74, 6) is 1.12. The Hall–Kier alpha value is -1.65. The van der Waals surface area contributed by atoms with E-state index in [1.165, 1.54) is 0 Å². The molecule has 2 aromatic rings. The summed E-state index contributed by atoms with van der Waals surface area (Å²) >= 11 is 12.4. The van der Waals surface area contributed by atoms with Gasteiger partial charge in [-0.05, 0) is 30.2 Å². The highest BCUT2D eigenvalue weighted by atomic mass is 35.5. The Morgan fingerprint density at radius 3 is 2.62 bits per heavy atom. The van der Waals surface area contributed by atoms with Crippen molar-refractivity contribution < 1.29 is 9.47 Å². The molecule has 0 aliphatic rings. The first-order chi connectivity index (χ1) is 10.1. The van der Waals surface area contributed by atoms with Crippen LogP contribution in [0, 0.1) is 6.92 Å². The maximum atomic E-state index is 6.34. The van der Waals surface area contributed by atoms with E-state index >= 15 is 0 Å². The van der Waals surface area contributed by atoms with Crippen molar-refractivity contribution in [1.29, 1.82) is 0 Å². The van der Waals surface area contributed by atoms with Crippen LogP contribution in [0.5, 0.6) is 11.5 Å². The molecule has 6 heteroatoms. The molecule has 1 aromatic carbocycles. The van der Waals surface area contributed by atoms with Gasteiger partial charge in [0.25, 0.3) is 0 Å². The van der Waals surface area contributed by atoms with Crippen molar-refractivity contribution in [2.24, 2.45) is 0 Å². The van der Waals surface area contributed by atoms with Crippen LogP contribution in [0.3, 0.4) is 0 Å². The van der Waals surface area contributed by atoms with E-state index in [1.807, 2.05) is 25.1 Å². The van der Waals surface area contributed by atoms with Gasteiger partial charge in [0, 0.05) is 12.7 Å². The first-order valence-electron chi connectivity index (χ1n) is 6.32. The number of methoxy groups -OCH3 is 2. The number of nitrogens with zero attached hydrogens (tertiary/aromatic N) is 1. The number of anilines is 1. The summed E-state index contributed by atoms with van der Waals surface area (Å²) in [6, 6.07) is 5.63. The van der Waals surface area contributed by atoms with Gasteiger partial charge in [-0.2, -0.15) is 0 Å². The van der Waals surface area contributed by atoms with E-state index in [1.54, 1.807) is 20.4 Å². The van der Waals surface area contributed by atoms with Gasteiger partial charge in [-0.15, -0.1) is 0 Å². The molecular weight excluding hydrogens is 311 g/mol. The van der Waals surface area contributed by atoms with Crippen LogP contribution in [-0.4, -0.2) is 19.2 Å². The van der Waals surface area contributed by atoms with Crippen molar-refractivity contribution in [3.63, 3.8) is 0 Å². The first kappa shape index (κ1) is 15.7. The average Bonchev–Trinajstić information content (AvgIpc) is 2.48. The van der Waals surface area contributed by atoms with Gasteiger partial charge < -0.3 is 14.8 Å². The molecule has 0 fully saturated rings. The Morgan fingerprint density at radius 2 is 1.95 bits per heavy atom. The number of ether oxygens (including phenoxy) is 2. The molecule has 1 heterocycles. The molecule has 0 aliphatic carbocycles. The van der Waals surface area contributed by atoms with Crippen LogP contribution in [0.25, 0.3) is 0 Å². The minimum Gasteiger partial charge on any atom is -0.493 e. The van der Waals surface area contributed by atoms with Gasteiger partial charge in [0.2, 0.25) is 0 Å². The zero-order valence-corrected chi connectivity index (χ0v) is 13.5. The summed E-state index contributed by atoms with van der Waals surface area (Å²) in [4.78, 5) is 4.10. The Labute approximate surface area is 134 Å². The topological polar surface area (TPSA) is 43.4 Å². The van der Waals surface area contributed by atoms with Crippen LogP contribution in [0.4, 0.5) is 5.69 Å². The van der Waals surface area contributed by atoms with Gasteiger partial charge in [0.15, 0.2) is 16.7 Å². The number of hydrogen-bond acceptors (Lipinski definition) is 4. The van der Waals surface area contributed by atoms with E-state index in [-0.39, 0.29) is 0 Å². The van der Waals surface area contributed by atoms with Gasteiger partial charge in [-0.3, -0.25) is 0 Å². The fourth-order valence-electron chi connectivity index (χ4n) is 1.93. The molecule has 0 atom stereocenters. The first-order valence-corrected chi connectivity index (χ1v) is 7.07. The summed E-state index contributed by atoms with van der Waals surface area (Å²) < 4.78 is 10.5. The fourth-order valence-corrected chi connectivity index (χ4v) is 2.40. The minimum absolute atomic E-state index is 0.428. The second-order valence-electron chi connectivity index (χ2n) is 4.48. The number of benzene rings is 1. The number of aromatic nitrogens is 1. The predicted molar refractivity (Wildman–Crippen MR) is 85.9 cm³/mol. The van der Waals surface area contributed by atoms with E-state index in [2.05, 4.69) is 10.3 Å². The number of aryl methyl sites for hydroxylation is 1. The third kappa shape index (κ3) is 3.52. The molecule has 0 saturated carbocycles. The minimum atomic E-state index is 0.428. The SMILES string of the molecule is COc1ccc(CNc2cc(C)cnc2Cl)c(Cl)c1OC. The number of hydrogen-bond donors (Lipinski definition) is 1. The average molecular weight is 327 g/mol. The van der Waals surface area contributed by atoms with Crippen molar-refractivity contribution in [2.75, 3.05) is 19.5 Å². The predicted octanol–water partition coefficient (Wildman–Crippen LogP) is 4.33. The van der Waals surface area contributed by atoms with Crippen molar-refractivity contribution in [3.8, 4) is 11.5 Å². The molecule has 0 amide bonds. The van der Waals surface area contributed by atoms with Crippen molar-refractivity contribution in [3.05, 3.63) is 45.7 Å². The quantitative estimate of drug-likeness (QED) is 0.830. The Balaban J connectivity index is 2.22. The summed E-state index contributed by atoms with van der Waals surface area (Å²) in [7, 11) is 3.13. The molecule has 0 unspecified atom stereocenters. The third-order valence-corrected chi connectivity index (χ3v) is 3.73. The lowest BCUT2D eigenvalue weighted by molar-refractivity contribution is 0.355. The molecule has 0 bridgehead atoms. The molecule has 2 rings (SSSR count). The molecule has 0 saturated heterocycles. The van der Waals surface area contributed by atoms with Gasteiger partial charge in [0.05, 0.1) is 24.9 Å². The van der Waals surface area contributed by atoms with Crippen LogP contribution >= 0.6 is 23.2 Å². The number of nitrogens with one attached hydrogen (secondary N) is 1. The molecule has 0 aliphatic heterocycles. The van der Waals surface area contributed by atoms with Crippen LogP contribution in [-0.2, 0) is 6.54 Å². The normalized spacial score (nSPS) is 10.3. The van der Waals surface area contributed by atoms with Gasteiger partial charge in [-0.1, -0.05) is 29.3 Å². The maximum Gasteiger partial charge on any atom is 0.179 e. The smallest absolute Gasteiger partial charge is 0.179 e.